The van der Waals surface area contributed by atoms with Crippen molar-refractivity contribution in [3.8, 4) is 0 Å². The first-order chi connectivity index (χ1) is 17.5. The van der Waals surface area contributed by atoms with E-state index in [1.165, 1.54) is 6.07 Å². The van der Waals surface area contributed by atoms with Gasteiger partial charge in [0.1, 0.15) is 11.9 Å². The number of benzene rings is 2. The molecule has 3 aliphatic rings. The molecule has 0 saturated carbocycles. The third kappa shape index (κ3) is 5.55. The first kappa shape index (κ1) is 24.7. The summed E-state index contributed by atoms with van der Waals surface area (Å²) in [6.07, 6.45) is 0.920. The normalized spacial score (nSPS) is 24.5. The van der Waals surface area contributed by atoms with Gasteiger partial charge in [-0.2, -0.15) is 0 Å². The van der Waals surface area contributed by atoms with Crippen LogP contribution in [0.3, 0.4) is 0 Å². The van der Waals surface area contributed by atoms with Crippen LogP contribution < -0.4 is 5.32 Å². The van der Waals surface area contributed by atoms with Gasteiger partial charge in [0.15, 0.2) is 0 Å². The number of likely N-dealkylation sites (tertiary alicyclic amines) is 2. The number of hydrogen-bond acceptors (Lipinski definition) is 5. The van der Waals surface area contributed by atoms with Gasteiger partial charge in [0.05, 0.1) is 19.3 Å². The Balaban J connectivity index is 1.15. The number of carbonyl (C=O) groups is 2. The van der Waals surface area contributed by atoms with Gasteiger partial charge in [-0.3, -0.25) is 4.79 Å². The SMILES string of the molecule is Cc1c(F)cccc1C(=O)N1CC2CN(CCC(NC(=O)OC3CCOC3)c3ccccc3)C[C@H]2C1. The van der Waals surface area contributed by atoms with Gasteiger partial charge in [0, 0.05) is 44.7 Å². The Bertz CT molecular complexity index is 1060. The van der Waals surface area contributed by atoms with E-state index in [1.54, 1.807) is 19.1 Å². The third-order valence-corrected chi connectivity index (χ3v) is 7.74. The van der Waals surface area contributed by atoms with E-state index in [0.717, 1.165) is 38.0 Å². The highest BCUT2D eigenvalue weighted by Gasteiger charge is 2.42. The summed E-state index contributed by atoms with van der Waals surface area (Å²) in [4.78, 5) is 29.9. The quantitative estimate of drug-likeness (QED) is 0.633. The molecule has 7 nitrogen and oxygen atoms in total. The fraction of sp³-hybridized carbons (Fsp3) is 0.500. The van der Waals surface area contributed by atoms with Crippen molar-refractivity contribution in [2.24, 2.45) is 11.8 Å². The Morgan fingerprint density at radius 1 is 1.08 bits per heavy atom. The molecule has 0 spiro atoms. The Labute approximate surface area is 211 Å². The Morgan fingerprint density at radius 3 is 2.53 bits per heavy atom. The van der Waals surface area contributed by atoms with Crippen molar-refractivity contribution in [2.75, 3.05) is 45.9 Å². The molecule has 2 aromatic rings. The van der Waals surface area contributed by atoms with Crippen molar-refractivity contribution in [3.05, 3.63) is 71.0 Å². The van der Waals surface area contributed by atoms with E-state index in [9.17, 15) is 14.0 Å². The average molecular weight is 496 g/mol. The lowest BCUT2D eigenvalue weighted by Gasteiger charge is -2.25. The standard InChI is InChI=1S/C28H34FN3O4/c1-19-24(8-5-9-25(19)29)27(33)32-16-21-14-31(15-22(21)17-32)12-10-26(20-6-3-2-4-7-20)30-28(34)36-23-11-13-35-18-23/h2-9,21-23,26H,10-18H2,1H3,(H,30,34)/t21-,22?,23?,26?/m0/s1. The zero-order chi connectivity index (χ0) is 25.1. The number of fused-ring (bicyclic) bond motifs is 1. The number of alkyl carbamates (subject to hydrolysis) is 1. The summed E-state index contributed by atoms with van der Waals surface area (Å²) in [6.45, 7) is 6.83. The van der Waals surface area contributed by atoms with E-state index in [4.69, 9.17) is 9.47 Å². The number of amides is 2. The van der Waals surface area contributed by atoms with Gasteiger partial charge in [-0.1, -0.05) is 36.4 Å². The molecule has 3 saturated heterocycles. The highest BCUT2D eigenvalue weighted by molar-refractivity contribution is 5.95. The van der Waals surface area contributed by atoms with Crippen LogP contribution in [0.15, 0.2) is 48.5 Å². The van der Waals surface area contributed by atoms with E-state index in [-0.39, 0.29) is 23.9 Å². The van der Waals surface area contributed by atoms with Gasteiger partial charge in [-0.15, -0.1) is 0 Å². The highest BCUT2D eigenvalue weighted by Crippen LogP contribution is 2.33. The lowest BCUT2D eigenvalue weighted by Crippen LogP contribution is -2.36. The molecule has 5 rings (SSSR count). The lowest BCUT2D eigenvalue weighted by atomic mass is 10.0. The maximum Gasteiger partial charge on any atom is 0.407 e. The molecular weight excluding hydrogens is 461 g/mol. The molecule has 3 unspecified atom stereocenters. The number of hydrogen-bond donors (Lipinski definition) is 1. The summed E-state index contributed by atoms with van der Waals surface area (Å²) in [5.74, 6) is 0.414. The number of rotatable bonds is 7. The summed E-state index contributed by atoms with van der Waals surface area (Å²) in [5.41, 5.74) is 1.93. The molecule has 0 bridgehead atoms. The largest absolute Gasteiger partial charge is 0.444 e. The molecule has 192 valence electrons. The van der Waals surface area contributed by atoms with Gasteiger partial charge in [-0.05, 0) is 48.4 Å². The lowest BCUT2D eigenvalue weighted by molar-refractivity contribution is 0.0772. The molecule has 0 radical (unpaired) electrons. The molecular formula is C28H34FN3O4. The molecule has 1 N–H and O–H groups in total. The van der Waals surface area contributed by atoms with Crippen LogP contribution >= 0.6 is 0 Å². The molecule has 2 amide bonds. The smallest absolute Gasteiger partial charge is 0.407 e. The van der Waals surface area contributed by atoms with Crippen molar-refractivity contribution >= 4 is 12.0 Å². The minimum absolute atomic E-state index is 0.0764. The van der Waals surface area contributed by atoms with Gasteiger partial charge < -0.3 is 24.6 Å². The Kier molecular flexibility index (Phi) is 7.53. The molecule has 3 heterocycles. The molecule has 8 heteroatoms. The predicted molar refractivity (Wildman–Crippen MR) is 133 cm³/mol. The molecule has 2 aromatic carbocycles. The van der Waals surface area contributed by atoms with Crippen molar-refractivity contribution in [2.45, 2.75) is 31.9 Å². The van der Waals surface area contributed by atoms with Crippen molar-refractivity contribution in [1.82, 2.24) is 15.1 Å². The minimum atomic E-state index is -0.403. The van der Waals surface area contributed by atoms with Crippen LogP contribution in [0.4, 0.5) is 9.18 Å². The third-order valence-electron chi connectivity index (χ3n) is 7.74. The summed E-state index contributed by atoms with van der Waals surface area (Å²) in [7, 11) is 0. The molecule has 4 atom stereocenters. The topological polar surface area (TPSA) is 71.1 Å². The van der Waals surface area contributed by atoms with Crippen molar-refractivity contribution in [3.63, 3.8) is 0 Å². The number of halogens is 1. The Morgan fingerprint density at radius 2 is 1.83 bits per heavy atom. The van der Waals surface area contributed by atoms with Crippen LogP contribution in [0.2, 0.25) is 0 Å². The van der Waals surface area contributed by atoms with Crippen LogP contribution in [-0.4, -0.2) is 73.8 Å². The van der Waals surface area contributed by atoms with Gasteiger partial charge in [0.2, 0.25) is 0 Å². The van der Waals surface area contributed by atoms with E-state index in [2.05, 4.69) is 10.2 Å². The van der Waals surface area contributed by atoms with Crippen molar-refractivity contribution in [1.29, 1.82) is 0 Å². The fourth-order valence-corrected chi connectivity index (χ4v) is 5.70. The summed E-state index contributed by atoms with van der Waals surface area (Å²) < 4.78 is 24.8. The number of nitrogens with one attached hydrogen (secondary N) is 1. The summed E-state index contributed by atoms with van der Waals surface area (Å²) >= 11 is 0. The number of nitrogens with zero attached hydrogens (tertiary/aromatic N) is 2. The van der Waals surface area contributed by atoms with Crippen LogP contribution in [0.5, 0.6) is 0 Å². The second kappa shape index (κ2) is 11.0. The maximum absolute atomic E-state index is 13.9. The van der Waals surface area contributed by atoms with E-state index < -0.39 is 6.09 Å². The maximum atomic E-state index is 13.9. The molecule has 3 aliphatic heterocycles. The van der Waals surface area contributed by atoms with Crippen LogP contribution in [-0.2, 0) is 9.47 Å². The summed E-state index contributed by atoms with van der Waals surface area (Å²) in [5, 5.41) is 3.06. The van der Waals surface area contributed by atoms with E-state index >= 15 is 0 Å². The van der Waals surface area contributed by atoms with Gasteiger partial charge in [0.25, 0.3) is 5.91 Å². The first-order valence-corrected chi connectivity index (χ1v) is 12.8. The summed E-state index contributed by atoms with van der Waals surface area (Å²) in [6, 6.07) is 14.5. The minimum Gasteiger partial charge on any atom is -0.444 e. The number of carbonyl (C=O) groups excluding carboxylic acids is 2. The zero-order valence-corrected chi connectivity index (χ0v) is 20.7. The van der Waals surface area contributed by atoms with Crippen molar-refractivity contribution < 1.29 is 23.5 Å². The van der Waals surface area contributed by atoms with Gasteiger partial charge in [-0.25, -0.2) is 9.18 Å². The van der Waals surface area contributed by atoms with E-state index in [1.807, 2.05) is 35.2 Å². The Hall–Kier alpha value is -2.97. The molecule has 36 heavy (non-hydrogen) atoms. The van der Waals surface area contributed by atoms with Crippen LogP contribution in [0.25, 0.3) is 0 Å². The van der Waals surface area contributed by atoms with Gasteiger partial charge >= 0.3 is 6.09 Å². The zero-order valence-electron chi connectivity index (χ0n) is 20.7. The van der Waals surface area contributed by atoms with Crippen LogP contribution in [0, 0.1) is 24.6 Å². The molecule has 0 aliphatic carbocycles. The first-order valence-electron chi connectivity index (χ1n) is 12.8. The predicted octanol–water partition coefficient (Wildman–Crippen LogP) is 3.78. The highest BCUT2D eigenvalue weighted by atomic mass is 19.1. The molecule has 3 fully saturated rings. The molecule has 0 aromatic heterocycles. The average Bonchev–Trinajstić information content (AvgIpc) is 3.61. The second-order valence-electron chi connectivity index (χ2n) is 10.2. The second-order valence-corrected chi connectivity index (χ2v) is 10.2. The fourth-order valence-electron chi connectivity index (χ4n) is 5.70. The van der Waals surface area contributed by atoms with Crippen LogP contribution in [0.1, 0.15) is 40.4 Å². The number of ether oxygens (including phenoxy) is 2. The monoisotopic (exact) mass is 495 g/mol. The van der Waals surface area contributed by atoms with E-state index in [0.29, 0.717) is 49.3 Å².